The molecule has 1 rings (SSSR count). The molecule has 0 spiro atoms. The first kappa shape index (κ1) is 14.0. The van der Waals surface area contributed by atoms with Gasteiger partial charge in [-0.2, -0.15) is 0 Å². The molecule has 1 aliphatic rings. The number of nitrogens with one attached hydrogen (secondary N) is 2. The van der Waals surface area contributed by atoms with Crippen LogP contribution in [0.4, 0.5) is 0 Å². The number of hydrogen-bond donors (Lipinski definition) is 3. The molecule has 0 aromatic carbocycles. The summed E-state index contributed by atoms with van der Waals surface area (Å²) in [4.78, 5) is 22.6. The van der Waals surface area contributed by atoms with E-state index < -0.39 is 0 Å². The maximum atomic E-state index is 11.6. The minimum absolute atomic E-state index is 0.0184. The Labute approximate surface area is 103 Å². The molecule has 0 radical (unpaired) electrons. The monoisotopic (exact) mass is 241 g/mol. The van der Waals surface area contributed by atoms with Gasteiger partial charge in [-0.05, 0) is 25.3 Å². The van der Waals surface area contributed by atoms with E-state index in [0.29, 0.717) is 31.8 Å². The normalized spacial score (nSPS) is 21.1. The molecule has 2 unspecified atom stereocenters. The van der Waals surface area contributed by atoms with Crippen LogP contribution in [-0.4, -0.2) is 30.9 Å². The molecule has 0 aromatic heterocycles. The van der Waals surface area contributed by atoms with E-state index in [-0.39, 0.29) is 17.9 Å². The molecular weight excluding hydrogens is 218 g/mol. The minimum Gasteiger partial charge on any atom is -0.354 e. The molecule has 5 heteroatoms. The third-order valence-electron chi connectivity index (χ3n) is 3.27. The molecule has 5 nitrogen and oxygen atoms in total. The third-order valence-corrected chi connectivity index (χ3v) is 3.27. The molecule has 1 heterocycles. The minimum atomic E-state index is -0.0235. The van der Waals surface area contributed by atoms with Gasteiger partial charge in [-0.3, -0.25) is 9.59 Å². The highest BCUT2D eigenvalue weighted by Gasteiger charge is 2.22. The fourth-order valence-corrected chi connectivity index (χ4v) is 2.13. The number of rotatable bonds is 7. The lowest BCUT2D eigenvalue weighted by molar-refractivity contribution is -0.122. The summed E-state index contributed by atoms with van der Waals surface area (Å²) in [7, 11) is 0. The van der Waals surface area contributed by atoms with Gasteiger partial charge < -0.3 is 16.4 Å². The van der Waals surface area contributed by atoms with Crippen molar-refractivity contribution in [2.75, 3.05) is 13.1 Å². The van der Waals surface area contributed by atoms with Gasteiger partial charge >= 0.3 is 0 Å². The second-order valence-electron chi connectivity index (χ2n) is 4.66. The topological polar surface area (TPSA) is 84.2 Å². The van der Waals surface area contributed by atoms with E-state index in [0.717, 1.165) is 19.3 Å². The summed E-state index contributed by atoms with van der Waals surface area (Å²) in [6.07, 6.45) is 3.86. The second kappa shape index (κ2) is 7.27. The lowest BCUT2D eigenvalue weighted by atomic mass is 9.96. The maximum Gasteiger partial charge on any atom is 0.222 e. The van der Waals surface area contributed by atoms with Crippen molar-refractivity contribution >= 4 is 11.8 Å². The summed E-state index contributed by atoms with van der Waals surface area (Å²) in [5, 5.41) is 5.58. The van der Waals surface area contributed by atoms with Gasteiger partial charge in [0.25, 0.3) is 0 Å². The first-order chi connectivity index (χ1) is 8.15. The Hall–Kier alpha value is -1.10. The van der Waals surface area contributed by atoms with Crippen molar-refractivity contribution in [3.63, 3.8) is 0 Å². The summed E-state index contributed by atoms with van der Waals surface area (Å²) in [5.74, 6) is 0.598. The lowest BCUT2D eigenvalue weighted by Gasteiger charge is -2.14. The van der Waals surface area contributed by atoms with Crippen LogP contribution in [0.3, 0.4) is 0 Å². The Bertz CT molecular complexity index is 268. The van der Waals surface area contributed by atoms with Gasteiger partial charge in [0.15, 0.2) is 0 Å². The summed E-state index contributed by atoms with van der Waals surface area (Å²) >= 11 is 0. The molecule has 1 aliphatic heterocycles. The number of carbonyl (C=O) groups is 2. The van der Waals surface area contributed by atoms with Crippen LogP contribution in [0, 0.1) is 5.92 Å². The van der Waals surface area contributed by atoms with Gasteiger partial charge in [0.2, 0.25) is 11.8 Å². The molecule has 0 aliphatic carbocycles. The number of amides is 2. The highest BCUT2D eigenvalue weighted by molar-refractivity contribution is 5.81. The zero-order valence-corrected chi connectivity index (χ0v) is 10.5. The maximum absolute atomic E-state index is 11.6. The molecule has 98 valence electrons. The highest BCUT2D eigenvalue weighted by atomic mass is 16.2. The van der Waals surface area contributed by atoms with Crippen LogP contribution in [0.15, 0.2) is 0 Å². The Morgan fingerprint density at radius 2 is 2.35 bits per heavy atom. The molecule has 0 bridgehead atoms. The average molecular weight is 241 g/mol. The smallest absolute Gasteiger partial charge is 0.222 e. The number of carbonyl (C=O) groups excluding carboxylic acids is 2. The van der Waals surface area contributed by atoms with E-state index in [1.165, 1.54) is 0 Å². The number of nitrogens with two attached hydrogens (primary N) is 1. The molecule has 0 aromatic rings. The quantitative estimate of drug-likeness (QED) is 0.593. The van der Waals surface area contributed by atoms with E-state index in [1.807, 2.05) is 0 Å². The van der Waals surface area contributed by atoms with Crippen molar-refractivity contribution in [1.82, 2.24) is 10.6 Å². The van der Waals surface area contributed by atoms with Gasteiger partial charge in [0.05, 0.1) is 6.04 Å². The predicted octanol–water partition coefficient (Wildman–Crippen LogP) is 0.146. The van der Waals surface area contributed by atoms with Crippen LogP contribution < -0.4 is 16.4 Å². The zero-order valence-electron chi connectivity index (χ0n) is 10.5. The average Bonchev–Trinajstić information content (AvgIpc) is 2.70. The van der Waals surface area contributed by atoms with E-state index in [2.05, 4.69) is 17.6 Å². The highest BCUT2D eigenvalue weighted by Crippen LogP contribution is 2.14. The first-order valence-electron chi connectivity index (χ1n) is 6.41. The fraction of sp³-hybridized carbons (Fsp3) is 0.833. The van der Waals surface area contributed by atoms with Crippen LogP contribution in [0.1, 0.15) is 39.0 Å². The molecule has 1 saturated heterocycles. The Balaban J connectivity index is 2.18. The van der Waals surface area contributed by atoms with Crippen LogP contribution >= 0.6 is 0 Å². The molecule has 17 heavy (non-hydrogen) atoms. The molecule has 2 amide bonds. The van der Waals surface area contributed by atoms with E-state index >= 15 is 0 Å². The SMILES string of the molecule is CCC(CCN)CCC(=O)NC1CNC(=O)C1. The van der Waals surface area contributed by atoms with Crippen molar-refractivity contribution in [3.05, 3.63) is 0 Å². The van der Waals surface area contributed by atoms with Crippen molar-refractivity contribution in [3.8, 4) is 0 Å². The van der Waals surface area contributed by atoms with E-state index in [9.17, 15) is 9.59 Å². The molecule has 1 fully saturated rings. The van der Waals surface area contributed by atoms with Gasteiger partial charge in [0.1, 0.15) is 0 Å². The number of hydrogen-bond acceptors (Lipinski definition) is 3. The predicted molar refractivity (Wildman–Crippen MR) is 66.2 cm³/mol. The van der Waals surface area contributed by atoms with Gasteiger partial charge in [0, 0.05) is 19.4 Å². The Morgan fingerprint density at radius 3 is 2.88 bits per heavy atom. The van der Waals surface area contributed by atoms with E-state index in [1.54, 1.807) is 0 Å². The lowest BCUT2D eigenvalue weighted by Crippen LogP contribution is -2.36. The summed E-state index contributed by atoms with van der Waals surface area (Å²) in [5.41, 5.74) is 5.51. The molecular formula is C12H23N3O2. The summed E-state index contributed by atoms with van der Waals surface area (Å²) < 4.78 is 0. The van der Waals surface area contributed by atoms with Crippen molar-refractivity contribution in [1.29, 1.82) is 0 Å². The van der Waals surface area contributed by atoms with Crippen molar-refractivity contribution in [2.24, 2.45) is 11.7 Å². The van der Waals surface area contributed by atoms with Gasteiger partial charge in [-0.1, -0.05) is 13.3 Å². The zero-order chi connectivity index (χ0) is 12.7. The summed E-state index contributed by atoms with van der Waals surface area (Å²) in [6, 6.07) is -0.0235. The molecule has 2 atom stereocenters. The fourth-order valence-electron chi connectivity index (χ4n) is 2.13. The second-order valence-corrected chi connectivity index (χ2v) is 4.66. The van der Waals surface area contributed by atoms with Crippen LogP contribution in [0.2, 0.25) is 0 Å². The van der Waals surface area contributed by atoms with Gasteiger partial charge in [-0.15, -0.1) is 0 Å². The first-order valence-corrected chi connectivity index (χ1v) is 6.41. The molecule has 0 saturated carbocycles. The van der Waals surface area contributed by atoms with Crippen LogP contribution in [0.5, 0.6) is 0 Å². The third kappa shape index (κ3) is 5.17. The Kier molecular flexibility index (Phi) is 5.97. The van der Waals surface area contributed by atoms with Gasteiger partial charge in [-0.25, -0.2) is 0 Å². The Morgan fingerprint density at radius 1 is 1.59 bits per heavy atom. The summed E-state index contributed by atoms with van der Waals surface area (Å²) in [6.45, 7) is 3.36. The van der Waals surface area contributed by atoms with Crippen molar-refractivity contribution in [2.45, 2.75) is 45.1 Å². The molecule has 4 N–H and O–H groups in total. The van der Waals surface area contributed by atoms with E-state index in [4.69, 9.17) is 5.73 Å². The standard InChI is InChI=1S/C12H23N3O2/c1-2-9(5-6-13)3-4-11(16)15-10-7-12(17)14-8-10/h9-10H,2-8,13H2,1H3,(H,14,17)(H,15,16). The van der Waals surface area contributed by atoms with Crippen molar-refractivity contribution < 1.29 is 9.59 Å². The van der Waals surface area contributed by atoms with Crippen LogP contribution in [-0.2, 0) is 9.59 Å². The largest absolute Gasteiger partial charge is 0.354 e. The van der Waals surface area contributed by atoms with Crippen LogP contribution in [0.25, 0.3) is 0 Å².